The molecule has 33 heavy (non-hydrogen) atoms. The summed E-state index contributed by atoms with van der Waals surface area (Å²) in [5.41, 5.74) is 5.98. The number of urea groups is 1. The molecule has 9 nitrogen and oxygen atoms in total. The number of rotatable bonds is 5. The van der Waals surface area contributed by atoms with E-state index in [-0.39, 0.29) is 5.88 Å². The van der Waals surface area contributed by atoms with Gasteiger partial charge in [0, 0.05) is 46.7 Å². The van der Waals surface area contributed by atoms with E-state index in [1.807, 2.05) is 36.4 Å². The molecule has 0 saturated heterocycles. The Kier molecular flexibility index (Phi) is 4.57. The van der Waals surface area contributed by atoms with Crippen molar-refractivity contribution in [1.29, 1.82) is 0 Å². The van der Waals surface area contributed by atoms with Gasteiger partial charge in [-0.3, -0.25) is 10.3 Å². The molecule has 162 valence electrons. The Morgan fingerprint density at radius 1 is 1.03 bits per heavy atom. The Hall–Kier alpha value is -4.53. The quantitative estimate of drug-likeness (QED) is 0.348. The van der Waals surface area contributed by atoms with E-state index in [9.17, 15) is 4.79 Å². The van der Waals surface area contributed by atoms with Crippen LogP contribution >= 0.6 is 0 Å². The molecule has 0 bridgehead atoms. The molecule has 1 saturated carbocycles. The lowest BCUT2D eigenvalue weighted by atomic mass is 10.1. The van der Waals surface area contributed by atoms with Crippen LogP contribution in [0.2, 0.25) is 0 Å². The van der Waals surface area contributed by atoms with Crippen LogP contribution in [0.25, 0.3) is 33.5 Å². The zero-order valence-corrected chi connectivity index (χ0v) is 17.4. The number of pyridine rings is 1. The van der Waals surface area contributed by atoms with E-state index in [0.29, 0.717) is 17.3 Å². The smallest absolute Gasteiger partial charge is 0.326 e. The van der Waals surface area contributed by atoms with Crippen LogP contribution in [0.5, 0.6) is 0 Å². The van der Waals surface area contributed by atoms with Gasteiger partial charge in [-0.15, -0.1) is 0 Å². The molecular weight excluding hydrogens is 418 g/mol. The molecule has 6 rings (SSSR count). The number of anilines is 2. The molecule has 4 heterocycles. The summed E-state index contributed by atoms with van der Waals surface area (Å²) in [6.45, 7) is 0. The highest BCUT2D eigenvalue weighted by atomic mass is 16.5. The van der Waals surface area contributed by atoms with Crippen molar-refractivity contribution in [3.63, 3.8) is 0 Å². The van der Waals surface area contributed by atoms with Crippen LogP contribution in [0, 0.1) is 0 Å². The molecule has 1 fully saturated rings. The first-order chi connectivity index (χ1) is 16.2. The summed E-state index contributed by atoms with van der Waals surface area (Å²) in [6.07, 6.45) is 7.35. The number of carbonyl (C=O) groups excluding carboxylic acids is 1. The van der Waals surface area contributed by atoms with Crippen LogP contribution in [0.15, 0.2) is 71.8 Å². The van der Waals surface area contributed by atoms with Crippen LogP contribution in [-0.2, 0) is 0 Å². The van der Waals surface area contributed by atoms with Crippen molar-refractivity contribution >= 4 is 28.6 Å². The third-order valence-corrected chi connectivity index (χ3v) is 5.58. The van der Waals surface area contributed by atoms with Crippen molar-refractivity contribution in [2.24, 2.45) is 0 Å². The van der Waals surface area contributed by atoms with Crippen LogP contribution in [0.4, 0.5) is 16.4 Å². The summed E-state index contributed by atoms with van der Waals surface area (Å²) >= 11 is 0. The van der Waals surface area contributed by atoms with Gasteiger partial charge in [0.25, 0.3) is 0 Å². The molecule has 0 aliphatic heterocycles. The van der Waals surface area contributed by atoms with Gasteiger partial charge < -0.3 is 14.8 Å². The van der Waals surface area contributed by atoms with Gasteiger partial charge in [-0.05, 0) is 48.7 Å². The second kappa shape index (κ2) is 7.86. The first kappa shape index (κ1) is 19.2. The highest BCUT2D eigenvalue weighted by Crippen LogP contribution is 2.42. The van der Waals surface area contributed by atoms with Crippen LogP contribution < -0.4 is 10.6 Å². The maximum atomic E-state index is 12.4. The van der Waals surface area contributed by atoms with Crippen molar-refractivity contribution in [1.82, 2.24) is 25.1 Å². The molecule has 0 atom stereocenters. The van der Waals surface area contributed by atoms with Gasteiger partial charge in [0.05, 0.1) is 5.69 Å². The third-order valence-electron chi connectivity index (χ3n) is 5.58. The zero-order valence-electron chi connectivity index (χ0n) is 17.4. The van der Waals surface area contributed by atoms with E-state index >= 15 is 0 Å². The summed E-state index contributed by atoms with van der Waals surface area (Å²) in [5, 5.41) is 10.5. The van der Waals surface area contributed by atoms with E-state index in [1.54, 1.807) is 24.8 Å². The predicted octanol–water partition coefficient (Wildman–Crippen LogP) is 5.20. The van der Waals surface area contributed by atoms with Gasteiger partial charge in [-0.2, -0.15) is 0 Å². The van der Waals surface area contributed by atoms with Crippen molar-refractivity contribution in [3.05, 3.63) is 72.9 Å². The topological polar surface area (TPSA) is 122 Å². The maximum absolute atomic E-state index is 12.4. The average molecular weight is 437 g/mol. The Balaban J connectivity index is 1.14. The maximum Gasteiger partial charge on any atom is 0.326 e. The van der Waals surface area contributed by atoms with E-state index < -0.39 is 6.03 Å². The summed E-state index contributed by atoms with van der Waals surface area (Å²) in [6, 6.07) is 14.6. The zero-order chi connectivity index (χ0) is 22.2. The summed E-state index contributed by atoms with van der Waals surface area (Å²) in [7, 11) is 0. The van der Waals surface area contributed by atoms with Gasteiger partial charge in [-0.1, -0.05) is 17.3 Å². The molecule has 0 unspecified atom stereocenters. The second-order valence-corrected chi connectivity index (χ2v) is 7.95. The number of hydrogen-bond donors (Lipinski definition) is 3. The lowest BCUT2D eigenvalue weighted by Crippen LogP contribution is -2.18. The van der Waals surface area contributed by atoms with Gasteiger partial charge in [0.15, 0.2) is 0 Å². The number of aromatic amines is 1. The van der Waals surface area contributed by atoms with Crippen molar-refractivity contribution < 1.29 is 9.32 Å². The Morgan fingerprint density at radius 3 is 2.70 bits per heavy atom. The van der Waals surface area contributed by atoms with Gasteiger partial charge in [0.1, 0.15) is 17.7 Å². The fourth-order valence-corrected chi connectivity index (χ4v) is 3.79. The number of hydrogen-bond acceptors (Lipinski definition) is 6. The van der Waals surface area contributed by atoms with Crippen molar-refractivity contribution in [2.75, 3.05) is 10.6 Å². The minimum Gasteiger partial charge on any atom is -0.339 e. The molecule has 1 aliphatic carbocycles. The highest BCUT2D eigenvalue weighted by molar-refractivity contribution is 5.99. The van der Waals surface area contributed by atoms with Crippen molar-refractivity contribution in [3.8, 4) is 22.5 Å². The molecule has 0 radical (unpaired) electrons. The molecule has 1 aromatic carbocycles. The minimum atomic E-state index is -0.424. The van der Waals surface area contributed by atoms with Gasteiger partial charge in [-0.25, -0.2) is 14.8 Å². The number of H-pyrrole nitrogens is 1. The standard InChI is InChI=1S/C24H19N7O2/c32-24(30-21-11-20(31-33-21)16-2-1-9-25-12-16)28-17-7-5-14(6-8-17)19-10-18-22(15-3-4-15)26-13-27-23(18)29-19/h1-2,5-13,15H,3-4H2,(H,26,27,29)(H2,28,30,32). The van der Waals surface area contributed by atoms with Crippen LogP contribution in [0.3, 0.4) is 0 Å². The minimum absolute atomic E-state index is 0.244. The third kappa shape index (κ3) is 3.91. The SMILES string of the molecule is O=C(Nc1ccc(-c2cc3c(C4CC4)ncnc3[nH]2)cc1)Nc1cc(-c2cccnc2)no1. The van der Waals surface area contributed by atoms with Gasteiger partial charge in [0.2, 0.25) is 5.88 Å². The molecular formula is C24H19N7O2. The summed E-state index contributed by atoms with van der Waals surface area (Å²) in [4.78, 5) is 28.6. The highest BCUT2D eigenvalue weighted by Gasteiger charge is 2.27. The second-order valence-electron chi connectivity index (χ2n) is 7.95. The monoisotopic (exact) mass is 437 g/mol. The lowest BCUT2D eigenvalue weighted by molar-refractivity contribution is 0.261. The normalized spacial score (nSPS) is 13.2. The number of fused-ring (bicyclic) bond motifs is 1. The Labute approximate surface area is 188 Å². The molecule has 1 aliphatic rings. The van der Waals surface area contributed by atoms with E-state index in [1.165, 1.54) is 12.8 Å². The average Bonchev–Trinajstić information content (AvgIpc) is 3.42. The largest absolute Gasteiger partial charge is 0.339 e. The number of aromatic nitrogens is 5. The van der Waals surface area contributed by atoms with E-state index in [0.717, 1.165) is 33.5 Å². The molecule has 5 aromatic rings. The predicted molar refractivity (Wildman–Crippen MR) is 124 cm³/mol. The number of carbonyl (C=O) groups is 1. The number of amides is 2. The molecule has 9 heteroatoms. The van der Waals surface area contributed by atoms with Gasteiger partial charge >= 0.3 is 6.03 Å². The first-order valence-electron chi connectivity index (χ1n) is 10.6. The fraction of sp³-hybridized carbons (Fsp3) is 0.125. The van der Waals surface area contributed by atoms with Crippen LogP contribution in [-0.4, -0.2) is 31.1 Å². The summed E-state index contributed by atoms with van der Waals surface area (Å²) in [5.74, 6) is 0.794. The van der Waals surface area contributed by atoms with Crippen LogP contribution in [0.1, 0.15) is 24.5 Å². The van der Waals surface area contributed by atoms with E-state index in [4.69, 9.17) is 4.52 Å². The van der Waals surface area contributed by atoms with Crippen molar-refractivity contribution in [2.45, 2.75) is 18.8 Å². The molecule has 2 amide bonds. The number of benzene rings is 1. The number of nitrogens with one attached hydrogen (secondary N) is 3. The lowest BCUT2D eigenvalue weighted by Gasteiger charge is -2.06. The fourth-order valence-electron chi connectivity index (χ4n) is 3.79. The number of nitrogens with zero attached hydrogens (tertiary/aromatic N) is 4. The first-order valence-corrected chi connectivity index (χ1v) is 10.6. The molecule has 4 aromatic heterocycles. The van der Waals surface area contributed by atoms with E-state index in [2.05, 4.69) is 41.8 Å². The summed E-state index contributed by atoms with van der Waals surface area (Å²) < 4.78 is 5.20. The molecule has 3 N–H and O–H groups in total. The molecule has 0 spiro atoms. The Morgan fingerprint density at radius 2 is 1.91 bits per heavy atom. The Bertz CT molecular complexity index is 1440.